The summed E-state index contributed by atoms with van der Waals surface area (Å²) in [5.41, 5.74) is 8.96. The van der Waals surface area contributed by atoms with Gasteiger partial charge in [0.2, 0.25) is 5.91 Å². The molecule has 3 heteroatoms. The van der Waals surface area contributed by atoms with Crippen molar-refractivity contribution < 1.29 is 4.79 Å². The van der Waals surface area contributed by atoms with Crippen molar-refractivity contribution in [1.29, 1.82) is 0 Å². The SMILES string of the molecule is NCc1cccc(CNC(=O)CCc2ccccc2)c1. The van der Waals surface area contributed by atoms with Crippen molar-refractivity contribution in [2.75, 3.05) is 0 Å². The molecule has 0 saturated heterocycles. The van der Waals surface area contributed by atoms with Gasteiger partial charge in [0.05, 0.1) is 0 Å². The van der Waals surface area contributed by atoms with Crippen LogP contribution in [-0.4, -0.2) is 5.91 Å². The molecule has 0 atom stereocenters. The molecule has 0 radical (unpaired) electrons. The van der Waals surface area contributed by atoms with Crippen LogP contribution in [0.1, 0.15) is 23.1 Å². The van der Waals surface area contributed by atoms with Crippen LogP contribution in [0.15, 0.2) is 54.6 Å². The molecule has 0 aliphatic carbocycles. The van der Waals surface area contributed by atoms with Crippen LogP contribution in [0.2, 0.25) is 0 Å². The first-order chi connectivity index (χ1) is 9.78. The summed E-state index contributed by atoms with van der Waals surface area (Å²) in [6, 6.07) is 18.0. The second-order valence-electron chi connectivity index (χ2n) is 4.79. The first-order valence-corrected chi connectivity index (χ1v) is 6.86. The van der Waals surface area contributed by atoms with E-state index in [2.05, 4.69) is 5.32 Å². The Kier molecular flexibility index (Phi) is 5.33. The van der Waals surface area contributed by atoms with Gasteiger partial charge in [0.15, 0.2) is 0 Å². The Morgan fingerprint density at radius 3 is 2.40 bits per heavy atom. The van der Waals surface area contributed by atoms with Crippen LogP contribution in [0, 0.1) is 0 Å². The van der Waals surface area contributed by atoms with Gasteiger partial charge in [-0.15, -0.1) is 0 Å². The molecule has 0 spiro atoms. The standard InChI is InChI=1S/C17H20N2O/c18-12-15-7-4-8-16(11-15)13-19-17(20)10-9-14-5-2-1-3-6-14/h1-8,11H,9-10,12-13,18H2,(H,19,20). The third-order valence-corrected chi connectivity index (χ3v) is 3.20. The number of carbonyl (C=O) groups excluding carboxylic acids is 1. The second-order valence-corrected chi connectivity index (χ2v) is 4.79. The largest absolute Gasteiger partial charge is 0.352 e. The fourth-order valence-corrected chi connectivity index (χ4v) is 2.06. The van der Waals surface area contributed by atoms with E-state index in [1.54, 1.807) is 0 Å². The van der Waals surface area contributed by atoms with Gasteiger partial charge in [0.1, 0.15) is 0 Å². The van der Waals surface area contributed by atoms with Gasteiger partial charge in [-0.25, -0.2) is 0 Å². The van der Waals surface area contributed by atoms with E-state index >= 15 is 0 Å². The van der Waals surface area contributed by atoms with E-state index in [9.17, 15) is 4.79 Å². The lowest BCUT2D eigenvalue weighted by molar-refractivity contribution is -0.121. The first-order valence-electron chi connectivity index (χ1n) is 6.86. The summed E-state index contributed by atoms with van der Waals surface area (Å²) in [6.45, 7) is 1.08. The van der Waals surface area contributed by atoms with Crippen molar-refractivity contribution in [2.45, 2.75) is 25.9 Å². The van der Waals surface area contributed by atoms with E-state index in [0.717, 1.165) is 17.5 Å². The second kappa shape index (κ2) is 7.46. The Morgan fingerprint density at radius 2 is 1.65 bits per heavy atom. The molecule has 20 heavy (non-hydrogen) atoms. The van der Waals surface area contributed by atoms with E-state index < -0.39 is 0 Å². The first kappa shape index (κ1) is 14.3. The van der Waals surface area contributed by atoms with Crippen LogP contribution in [0.25, 0.3) is 0 Å². The summed E-state index contributed by atoms with van der Waals surface area (Å²) < 4.78 is 0. The maximum atomic E-state index is 11.8. The zero-order valence-electron chi connectivity index (χ0n) is 11.5. The Labute approximate surface area is 119 Å². The third-order valence-electron chi connectivity index (χ3n) is 3.20. The highest BCUT2D eigenvalue weighted by Crippen LogP contribution is 2.05. The van der Waals surface area contributed by atoms with Crippen molar-refractivity contribution in [3.05, 3.63) is 71.3 Å². The number of hydrogen-bond acceptors (Lipinski definition) is 2. The van der Waals surface area contributed by atoms with Crippen LogP contribution in [-0.2, 0) is 24.3 Å². The predicted octanol–water partition coefficient (Wildman–Crippen LogP) is 2.39. The monoisotopic (exact) mass is 268 g/mol. The lowest BCUT2D eigenvalue weighted by Gasteiger charge is -2.07. The molecule has 0 heterocycles. The summed E-state index contributed by atoms with van der Waals surface area (Å²) in [7, 11) is 0. The van der Waals surface area contributed by atoms with Gasteiger partial charge in [0, 0.05) is 19.5 Å². The van der Waals surface area contributed by atoms with Gasteiger partial charge in [-0.05, 0) is 23.1 Å². The Hall–Kier alpha value is -2.13. The highest BCUT2D eigenvalue weighted by Gasteiger charge is 2.02. The molecule has 2 rings (SSSR count). The Bertz CT molecular complexity index is 552. The molecule has 104 valence electrons. The summed E-state index contributed by atoms with van der Waals surface area (Å²) >= 11 is 0. The molecule has 0 saturated carbocycles. The summed E-state index contributed by atoms with van der Waals surface area (Å²) in [6.07, 6.45) is 1.29. The molecule has 0 bridgehead atoms. The van der Waals surface area contributed by atoms with E-state index in [1.165, 1.54) is 5.56 Å². The van der Waals surface area contributed by atoms with Crippen molar-refractivity contribution >= 4 is 5.91 Å². The number of benzene rings is 2. The number of amides is 1. The van der Waals surface area contributed by atoms with Crippen LogP contribution in [0.4, 0.5) is 0 Å². The molecule has 0 fully saturated rings. The van der Waals surface area contributed by atoms with Gasteiger partial charge < -0.3 is 11.1 Å². The minimum absolute atomic E-state index is 0.0759. The molecule has 0 aromatic heterocycles. The molecule has 0 unspecified atom stereocenters. The van der Waals surface area contributed by atoms with Crippen molar-refractivity contribution in [2.24, 2.45) is 5.73 Å². The van der Waals surface area contributed by atoms with E-state index in [4.69, 9.17) is 5.73 Å². The van der Waals surface area contributed by atoms with Crippen LogP contribution in [0.3, 0.4) is 0 Å². The molecule has 0 aliphatic rings. The fourth-order valence-electron chi connectivity index (χ4n) is 2.06. The molecular formula is C17H20N2O. The van der Waals surface area contributed by atoms with Gasteiger partial charge in [-0.1, -0.05) is 54.6 Å². The molecular weight excluding hydrogens is 248 g/mol. The van der Waals surface area contributed by atoms with Crippen molar-refractivity contribution in [1.82, 2.24) is 5.32 Å². The number of carbonyl (C=O) groups is 1. The lowest BCUT2D eigenvalue weighted by Crippen LogP contribution is -2.23. The fraction of sp³-hybridized carbons (Fsp3) is 0.235. The van der Waals surface area contributed by atoms with Gasteiger partial charge in [-0.2, -0.15) is 0 Å². The minimum Gasteiger partial charge on any atom is -0.352 e. The number of hydrogen-bond donors (Lipinski definition) is 2. The average Bonchev–Trinajstić information content (AvgIpc) is 2.52. The van der Waals surface area contributed by atoms with Gasteiger partial charge in [0.25, 0.3) is 0 Å². The predicted molar refractivity (Wildman–Crippen MR) is 80.9 cm³/mol. The van der Waals surface area contributed by atoms with E-state index in [1.807, 2.05) is 54.6 Å². The Balaban J connectivity index is 1.77. The summed E-state index contributed by atoms with van der Waals surface area (Å²) in [5, 5.41) is 2.94. The highest BCUT2D eigenvalue weighted by molar-refractivity contribution is 5.76. The minimum atomic E-state index is 0.0759. The maximum Gasteiger partial charge on any atom is 0.220 e. The quantitative estimate of drug-likeness (QED) is 0.845. The topological polar surface area (TPSA) is 55.1 Å². The molecule has 2 aromatic carbocycles. The zero-order valence-corrected chi connectivity index (χ0v) is 11.5. The smallest absolute Gasteiger partial charge is 0.220 e. The lowest BCUT2D eigenvalue weighted by atomic mass is 10.1. The van der Waals surface area contributed by atoms with Crippen LogP contribution >= 0.6 is 0 Å². The van der Waals surface area contributed by atoms with Crippen LogP contribution < -0.4 is 11.1 Å². The molecule has 2 aromatic rings. The number of aryl methyl sites for hydroxylation is 1. The molecule has 1 amide bonds. The van der Waals surface area contributed by atoms with Gasteiger partial charge >= 0.3 is 0 Å². The van der Waals surface area contributed by atoms with Crippen molar-refractivity contribution in [3.8, 4) is 0 Å². The number of nitrogens with two attached hydrogens (primary N) is 1. The van der Waals surface area contributed by atoms with E-state index in [0.29, 0.717) is 19.5 Å². The average molecular weight is 268 g/mol. The van der Waals surface area contributed by atoms with Crippen molar-refractivity contribution in [3.63, 3.8) is 0 Å². The summed E-state index contributed by atoms with van der Waals surface area (Å²) in [4.78, 5) is 11.8. The van der Waals surface area contributed by atoms with Crippen LogP contribution in [0.5, 0.6) is 0 Å². The van der Waals surface area contributed by atoms with E-state index in [-0.39, 0.29) is 5.91 Å². The number of nitrogens with one attached hydrogen (secondary N) is 1. The summed E-state index contributed by atoms with van der Waals surface area (Å²) in [5.74, 6) is 0.0759. The normalized spacial score (nSPS) is 10.2. The maximum absolute atomic E-state index is 11.8. The highest BCUT2D eigenvalue weighted by atomic mass is 16.1. The molecule has 3 nitrogen and oxygen atoms in total. The Morgan fingerprint density at radius 1 is 0.950 bits per heavy atom. The zero-order chi connectivity index (χ0) is 14.2. The number of rotatable bonds is 6. The van der Waals surface area contributed by atoms with Gasteiger partial charge in [-0.3, -0.25) is 4.79 Å². The molecule has 0 aliphatic heterocycles. The third kappa shape index (κ3) is 4.52. The molecule has 3 N–H and O–H groups in total.